The second kappa shape index (κ2) is 13.8. The number of rotatable bonds is 8. The van der Waals surface area contributed by atoms with E-state index in [1.54, 1.807) is 19.1 Å². The van der Waals surface area contributed by atoms with Gasteiger partial charge in [-0.25, -0.2) is 0 Å². The molecule has 2 aromatic rings. The third-order valence-electron chi connectivity index (χ3n) is 7.81. The first-order chi connectivity index (χ1) is 20.7. The van der Waals surface area contributed by atoms with Gasteiger partial charge in [-0.15, -0.1) is 0 Å². The molecule has 1 aliphatic carbocycles. The van der Waals surface area contributed by atoms with E-state index in [4.69, 9.17) is 5.11 Å². The van der Waals surface area contributed by atoms with Crippen molar-refractivity contribution in [2.45, 2.75) is 83.4 Å². The van der Waals surface area contributed by atoms with Crippen molar-refractivity contribution in [2.24, 2.45) is 10.9 Å². The molecule has 13 heteroatoms. The lowest BCUT2D eigenvalue weighted by Gasteiger charge is -2.45. The number of benzene rings is 2. The smallest absolute Gasteiger partial charge is 0.416 e. The van der Waals surface area contributed by atoms with E-state index >= 15 is 0 Å². The monoisotopic (exact) mass is 627 g/mol. The number of amides is 2. The highest BCUT2D eigenvalue weighted by Crippen LogP contribution is 2.49. The predicted octanol–water partition coefficient (Wildman–Crippen LogP) is 7.17. The molecule has 2 N–H and O–H groups in total. The van der Waals surface area contributed by atoms with Crippen LogP contribution < -0.4 is 5.32 Å². The third kappa shape index (κ3) is 7.59. The van der Waals surface area contributed by atoms with Gasteiger partial charge in [0, 0.05) is 17.7 Å². The van der Waals surface area contributed by atoms with Crippen molar-refractivity contribution < 1.29 is 45.8 Å². The summed E-state index contributed by atoms with van der Waals surface area (Å²) < 4.78 is 79.9. The Morgan fingerprint density at radius 1 is 1.00 bits per heavy atom. The molecule has 44 heavy (non-hydrogen) atoms. The Hall–Kier alpha value is -3.90. The SMILES string of the molecule is CC.CCC(c1ccc(C(=O)NCCC(=O)O)cc1)N1C(=O)C(c2ccc(C(F)(F)F)cc2)=NC12CCC(C(F)(F)F)CC2. The molecule has 1 aliphatic heterocycles. The van der Waals surface area contributed by atoms with E-state index in [1.165, 1.54) is 17.0 Å². The lowest BCUT2D eigenvalue weighted by Crippen LogP contribution is -2.51. The highest BCUT2D eigenvalue weighted by atomic mass is 19.4. The number of alkyl halides is 6. The molecule has 1 spiro atoms. The van der Waals surface area contributed by atoms with Gasteiger partial charge in [-0.05, 0) is 61.9 Å². The number of carboxylic acids is 1. The maximum absolute atomic E-state index is 13.9. The first-order valence-corrected chi connectivity index (χ1v) is 14.4. The Morgan fingerprint density at radius 3 is 2.05 bits per heavy atom. The van der Waals surface area contributed by atoms with Gasteiger partial charge < -0.3 is 15.3 Å². The third-order valence-corrected chi connectivity index (χ3v) is 7.81. The van der Waals surface area contributed by atoms with Crippen LogP contribution in [0.4, 0.5) is 26.3 Å². The average molecular weight is 628 g/mol. The molecule has 0 aromatic heterocycles. The van der Waals surface area contributed by atoms with Crippen LogP contribution in [0.25, 0.3) is 0 Å². The molecule has 0 bridgehead atoms. The molecule has 0 radical (unpaired) electrons. The fourth-order valence-electron chi connectivity index (χ4n) is 5.62. The summed E-state index contributed by atoms with van der Waals surface area (Å²) in [4.78, 5) is 43.1. The molecule has 2 aromatic carbocycles. The largest absolute Gasteiger partial charge is 0.481 e. The molecular weight excluding hydrogens is 592 g/mol. The summed E-state index contributed by atoms with van der Waals surface area (Å²) >= 11 is 0. The summed E-state index contributed by atoms with van der Waals surface area (Å²) in [6, 6.07) is 9.50. The van der Waals surface area contributed by atoms with Gasteiger partial charge >= 0.3 is 18.3 Å². The molecule has 4 rings (SSSR count). The summed E-state index contributed by atoms with van der Waals surface area (Å²) in [5, 5.41) is 11.2. The Morgan fingerprint density at radius 2 is 1.57 bits per heavy atom. The van der Waals surface area contributed by atoms with Crippen molar-refractivity contribution >= 4 is 23.5 Å². The van der Waals surface area contributed by atoms with Crippen LogP contribution in [0.15, 0.2) is 53.5 Å². The van der Waals surface area contributed by atoms with E-state index in [1.807, 2.05) is 13.8 Å². The van der Waals surface area contributed by atoms with Crippen LogP contribution >= 0.6 is 0 Å². The van der Waals surface area contributed by atoms with Crippen LogP contribution in [0.3, 0.4) is 0 Å². The zero-order valence-electron chi connectivity index (χ0n) is 24.6. The first kappa shape index (κ1) is 34.6. The van der Waals surface area contributed by atoms with Crippen molar-refractivity contribution in [3.8, 4) is 0 Å². The minimum absolute atomic E-state index is 0.0682. The van der Waals surface area contributed by atoms with Crippen LogP contribution in [0.2, 0.25) is 0 Å². The highest BCUT2D eigenvalue weighted by molar-refractivity contribution is 6.46. The summed E-state index contributed by atoms with van der Waals surface area (Å²) in [6.45, 7) is 5.72. The second-order valence-corrected chi connectivity index (χ2v) is 10.5. The van der Waals surface area contributed by atoms with Crippen molar-refractivity contribution in [3.05, 3.63) is 70.8 Å². The number of hydrogen-bond donors (Lipinski definition) is 2. The molecule has 1 saturated carbocycles. The number of carbonyl (C=O) groups excluding carboxylic acids is 2. The summed E-state index contributed by atoms with van der Waals surface area (Å²) in [6.07, 6.45) is -9.57. The number of halogens is 6. The summed E-state index contributed by atoms with van der Waals surface area (Å²) in [5.41, 5.74) is -1.36. The van der Waals surface area contributed by atoms with Crippen LogP contribution in [0.5, 0.6) is 0 Å². The van der Waals surface area contributed by atoms with Gasteiger partial charge in [0.2, 0.25) is 0 Å². The predicted molar refractivity (Wildman–Crippen MR) is 151 cm³/mol. The van der Waals surface area contributed by atoms with Crippen LogP contribution in [-0.4, -0.2) is 51.9 Å². The van der Waals surface area contributed by atoms with Crippen LogP contribution in [-0.2, 0) is 15.8 Å². The number of carboxylic acid groups (broad SMARTS) is 1. The number of aliphatic carboxylic acids is 1. The molecule has 240 valence electrons. The van der Waals surface area contributed by atoms with Gasteiger partial charge in [-0.2, -0.15) is 26.3 Å². The molecule has 2 aliphatic rings. The minimum Gasteiger partial charge on any atom is -0.481 e. The molecule has 0 saturated heterocycles. The van der Waals surface area contributed by atoms with E-state index in [9.17, 15) is 40.7 Å². The first-order valence-electron chi connectivity index (χ1n) is 14.4. The van der Waals surface area contributed by atoms with E-state index in [2.05, 4.69) is 10.3 Å². The standard InChI is InChI=1S/C29H29F6N3O4.C2H6/c1-2-22(17-3-5-19(6-4-17)25(41)36-16-13-23(39)40)38-26(42)24(18-7-9-20(10-8-18)28(30,31)32)37-27(38)14-11-21(12-15-27)29(33,34)35;1-2/h3-10,21-22H,2,11-16H2,1H3,(H,36,41)(H,39,40);1-2H3. The Balaban J connectivity index is 0.00000259. The lowest BCUT2D eigenvalue weighted by molar-refractivity contribution is -0.189. The van der Waals surface area contributed by atoms with Gasteiger partial charge in [0.1, 0.15) is 11.4 Å². The summed E-state index contributed by atoms with van der Waals surface area (Å²) in [5.74, 6) is -3.71. The average Bonchev–Trinajstić information content (AvgIpc) is 3.25. The molecule has 1 heterocycles. The number of carbonyl (C=O) groups is 3. The quantitative estimate of drug-likeness (QED) is 0.303. The molecule has 7 nitrogen and oxygen atoms in total. The minimum atomic E-state index is -4.59. The molecule has 2 amide bonds. The number of nitrogens with zero attached hydrogens (tertiary/aromatic N) is 2. The zero-order valence-corrected chi connectivity index (χ0v) is 24.6. The Labute approximate surface area is 251 Å². The van der Waals surface area contributed by atoms with Crippen LogP contribution in [0.1, 0.15) is 92.4 Å². The number of hydrogen-bond acceptors (Lipinski definition) is 4. The number of aliphatic imine (C=N–C) groups is 1. The van der Waals surface area contributed by atoms with Crippen molar-refractivity contribution in [3.63, 3.8) is 0 Å². The van der Waals surface area contributed by atoms with E-state index in [0.717, 1.165) is 24.3 Å². The maximum atomic E-state index is 13.9. The van der Waals surface area contributed by atoms with E-state index in [-0.39, 0.29) is 55.5 Å². The Kier molecular flexibility index (Phi) is 10.9. The maximum Gasteiger partial charge on any atom is 0.416 e. The molecule has 1 unspecified atom stereocenters. The van der Waals surface area contributed by atoms with E-state index < -0.39 is 53.3 Å². The van der Waals surface area contributed by atoms with Gasteiger partial charge in [0.15, 0.2) is 0 Å². The number of nitrogens with one attached hydrogen (secondary N) is 1. The van der Waals surface area contributed by atoms with Crippen molar-refractivity contribution in [1.29, 1.82) is 0 Å². The molecule has 1 atom stereocenters. The van der Waals surface area contributed by atoms with Crippen molar-refractivity contribution in [2.75, 3.05) is 6.54 Å². The van der Waals surface area contributed by atoms with Gasteiger partial charge in [-0.3, -0.25) is 19.4 Å². The molecule has 1 fully saturated rings. The molecular formula is C31H35F6N3O4. The van der Waals surface area contributed by atoms with Gasteiger partial charge in [-0.1, -0.05) is 45.0 Å². The van der Waals surface area contributed by atoms with Gasteiger partial charge in [0.05, 0.1) is 23.9 Å². The zero-order chi connectivity index (χ0) is 32.9. The topological polar surface area (TPSA) is 99.1 Å². The van der Waals surface area contributed by atoms with Crippen molar-refractivity contribution in [1.82, 2.24) is 10.2 Å². The fraction of sp³-hybridized carbons (Fsp3) is 0.484. The van der Waals surface area contributed by atoms with E-state index in [0.29, 0.717) is 12.0 Å². The second-order valence-electron chi connectivity index (χ2n) is 10.5. The summed E-state index contributed by atoms with van der Waals surface area (Å²) in [7, 11) is 0. The highest BCUT2D eigenvalue weighted by Gasteiger charge is 2.54. The normalized spacial score (nSPS) is 20.9. The van der Waals surface area contributed by atoms with Gasteiger partial charge in [0.25, 0.3) is 11.8 Å². The fourth-order valence-corrected chi connectivity index (χ4v) is 5.62. The van der Waals surface area contributed by atoms with Crippen LogP contribution in [0, 0.1) is 5.92 Å². The lowest BCUT2D eigenvalue weighted by atomic mass is 9.80. The Bertz CT molecular complexity index is 1350.